The fraction of sp³-hybridized carbons (Fsp3) is 0.276. The molecule has 0 aliphatic carbocycles. The van der Waals surface area contributed by atoms with E-state index in [-0.39, 0.29) is 11.8 Å². The maximum absolute atomic E-state index is 13.8. The van der Waals surface area contributed by atoms with Crippen molar-refractivity contribution >= 4 is 17.5 Å². The number of piperidine rings is 1. The highest BCUT2D eigenvalue weighted by atomic mass is 35.5. The van der Waals surface area contributed by atoms with Crippen LogP contribution in [-0.4, -0.2) is 38.9 Å². The number of nitrogens with zero attached hydrogens (tertiary/aromatic N) is 4. The molecule has 1 aliphatic rings. The predicted molar refractivity (Wildman–Crippen MR) is 140 cm³/mol. The molecule has 36 heavy (non-hydrogen) atoms. The Bertz CT molecular complexity index is 1220. The summed E-state index contributed by atoms with van der Waals surface area (Å²) in [6.07, 6.45) is 1.84. The van der Waals surface area contributed by atoms with Gasteiger partial charge in [0.15, 0.2) is 0 Å². The van der Waals surface area contributed by atoms with Crippen LogP contribution in [-0.2, 0) is 24.4 Å². The zero-order valence-electron chi connectivity index (χ0n) is 20.1. The van der Waals surface area contributed by atoms with E-state index in [0.29, 0.717) is 42.9 Å². The number of hydrogen-bond donors (Lipinski definition) is 0. The second kappa shape index (κ2) is 11.5. The SMILES string of the molecule is O=C(C1CCCN(Cc2nc(-c3ccc(Cl)cc3)no2)C1)N(Cc1ccccc1)Cc1ccccc1. The van der Waals surface area contributed by atoms with Crippen molar-refractivity contribution in [3.63, 3.8) is 0 Å². The Morgan fingerprint density at radius 2 is 1.58 bits per heavy atom. The van der Waals surface area contributed by atoms with Gasteiger partial charge in [-0.3, -0.25) is 9.69 Å². The lowest BCUT2D eigenvalue weighted by molar-refractivity contribution is -0.138. The van der Waals surface area contributed by atoms with Gasteiger partial charge in [0.1, 0.15) is 0 Å². The Morgan fingerprint density at radius 3 is 2.22 bits per heavy atom. The highest BCUT2D eigenvalue weighted by Crippen LogP contribution is 2.24. The molecule has 6 nitrogen and oxygen atoms in total. The highest BCUT2D eigenvalue weighted by Gasteiger charge is 2.30. The summed E-state index contributed by atoms with van der Waals surface area (Å²) in [5.74, 6) is 1.23. The van der Waals surface area contributed by atoms with Crippen LogP contribution in [0.2, 0.25) is 5.02 Å². The third-order valence-corrected chi connectivity index (χ3v) is 6.78. The fourth-order valence-corrected chi connectivity index (χ4v) is 4.83. The monoisotopic (exact) mass is 500 g/mol. The summed E-state index contributed by atoms with van der Waals surface area (Å²) >= 11 is 5.98. The van der Waals surface area contributed by atoms with Gasteiger partial charge in [0, 0.05) is 30.2 Å². The average molecular weight is 501 g/mol. The molecule has 1 aliphatic heterocycles. The van der Waals surface area contributed by atoms with E-state index in [2.05, 4.69) is 39.3 Å². The molecule has 5 rings (SSSR count). The number of rotatable bonds is 8. The second-order valence-corrected chi connectivity index (χ2v) is 9.69. The van der Waals surface area contributed by atoms with Crippen LogP contribution in [0.4, 0.5) is 0 Å². The molecule has 1 saturated heterocycles. The molecule has 3 aromatic carbocycles. The number of benzene rings is 3. The van der Waals surface area contributed by atoms with Crippen molar-refractivity contribution in [3.8, 4) is 11.4 Å². The van der Waals surface area contributed by atoms with Crippen molar-refractivity contribution in [2.75, 3.05) is 13.1 Å². The smallest absolute Gasteiger partial charge is 0.241 e. The van der Waals surface area contributed by atoms with Gasteiger partial charge in [-0.25, -0.2) is 0 Å². The van der Waals surface area contributed by atoms with Crippen LogP contribution in [0.5, 0.6) is 0 Å². The summed E-state index contributed by atoms with van der Waals surface area (Å²) in [7, 11) is 0. The Morgan fingerprint density at radius 1 is 0.944 bits per heavy atom. The summed E-state index contributed by atoms with van der Waals surface area (Å²) in [6.45, 7) is 3.30. The second-order valence-electron chi connectivity index (χ2n) is 9.26. The number of carbonyl (C=O) groups excluding carboxylic acids is 1. The first-order valence-corrected chi connectivity index (χ1v) is 12.7. The molecule has 0 radical (unpaired) electrons. The van der Waals surface area contributed by atoms with Crippen molar-refractivity contribution in [1.29, 1.82) is 0 Å². The van der Waals surface area contributed by atoms with Gasteiger partial charge in [-0.15, -0.1) is 0 Å². The summed E-state index contributed by atoms with van der Waals surface area (Å²) in [5, 5.41) is 4.79. The molecular formula is C29H29ClN4O2. The zero-order valence-corrected chi connectivity index (χ0v) is 20.8. The van der Waals surface area contributed by atoms with E-state index in [0.717, 1.165) is 36.1 Å². The molecule has 1 aromatic heterocycles. The molecule has 184 valence electrons. The number of likely N-dealkylation sites (tertiary alicyclic amines) is 1. The van der Waals surface area contributed by atoms with E-state index < -0.39 is 0 Å². The number of halogens is 1. The summed E-state index contributed by atoms with van der Waals surface area (Å²) < 4.78 is 5.52. The van der Waals surface area contributed by atoms with Gasteiger partial charge in [-0.05, 0) is 54.8 Å². The summed E-state index contributed by atoms with van der Waals surface area (Å²) in [4.78, 5) is 22.6. The highest BCUT2D eigenvalue weighted by molar-refractivity contribution is 6.30. The van der Waals surface area contributed by atoms with Gasteiger partial charge in [-0.2, -0.15) is 4.98 Å². The number of amides is 1. The zero-order chi connectivity index (χ0) is 24.7. The normalized spacial score (nSPS) is 16.1. The summed E-state index contributed by atoms with van der Waals surface area (Å²) in [6, 6.07) is 27.8. The number of carbonyl (C=O) groups is 1. The van der Waals surface area contributed by atoms with Crippen LogP contribution >= 0.6 is 11.6 Å². The molecular weight excluding hydrogens is 472 g/mol. The van der Waals surface area contributed by atoms with Crippen LogP contribution in [0.3, 0.4) is 0 Å². The maximum Gasteiger partial charge on any atom is 0.241 e. The first-order chi connectivity index (χ1) is 17.6. The topological polar surface area (TPSA) is 62.5 Å². The van der Waals surface area contributed by atoms with E-state index in [1.54, 1.807) is 0 Å². The largest absolute Gasteiger partial charge is 0.338 e. The van der Waals surface area contributed by atoms with Gasteiger partial charge in [0.05, 0.1) is 12.5 Å². The van der Waals surface area contributed by atoms with E-state index in [9.17, 15) is 4.79 Å². The first kappa shape index (κ1) is 24.2. The van der Waals surface area contributed by atoms with Crippen molar-refractivity contribution in [1.82, 2.24) is 19.9 Å². The molecule has 1 unspecified atom stereocenters. The minimum Gasteiger partial charge on any atom is -0.338 e. The average Bonchev–Trinajstić information content (AvgIpc) is 3.38. The third-order valence-electron chi connectivity index (χ3n) is 6.53. The number of aromatic nitrogens is 2. The molecule has 0 bridgehead atoms. The molecule has 1 atom stereocenters. The van der Waals surface area contributed by atoms with E-state index >= 15 is 0 Å². The van der Waals surface area contributed by atoms with Crippen LogP contribution in [0.15, 0.2) is 89.5 Å². The Kier molecular flexibility index (Phi) is 7.74. The van der Waals surface area contributed by atoms with Crippen LogP contribution in [0, 0.1) is 5.92 Å². The molecule has 1 fully saturated rings. The van der Waals surface area contributed by atoms with Crippen LogP contribution in [0.1, 0.15) is 29.9 Å². The number of hydrogen-bond acceptors (Lipinski definition) is 5. The van der Waals surface area contributed by atoms with Crippen molar-refractivity contribution in [2.45, 2.75) is 32.5 Å². The van der Waals surface area contributed by atoms with Gasteiger partial charge in [-0.1, -0.05) is 77.4 Å². The van der Waals surface area contributed by atoms with E-state index in [1.807, 2.05) is 65.6 Å². The minimum absolute atomic E-state index is 0.0650. The van der Waals surface area contributed by atoms with Crippen molar-refractivity contribution in [2.24, 2.45) is 5.92 Å². The van der Waals surface area contributed by atoms with Crippen LogP contribution in [0.25, 0.3) is 11.4 Å². The van der Waals surface area contributed by atoms with Crippen LogP contribution < -0.4 is 0 Å². The molecule has 2 heterocycles. The minimum atomic E-state index is -0.0650. The fourth-order valence-electron chi connectivity index (χ4n) is 4.70. The predicted octanol–water partition coefficient (Wildman–Crippen LogP) is 5.83. The molecule has 0 saturated carbocycles. The van der Waals surface area contributed by atoms with E-state index in [1.165, 1.54) is 0 Å². The van der Waals surface area contributed by atoms with Gasteiger partial charge in [0.2, 0.25) is 17.6 Å². The molecule has 7 heteroatoms. The molecule has 0 N–H and O–H groups in total. The lowest BCUT2D eigenvalue weighted by atomic mass is 9.96. The van der Waals surface area contributed by atoms with Crippen molar-refractivity contribution < 1.29 is 9.32 Å². The van der Waals surface area contributed by atoms with E-state index in [4.69, 9.17) is 16.1 Å². The maximum atomic E-state index is 13.8. The van der Waals surface area contributed by atoms with Gasteiger partial charge < -0.3 is 9.42 Å². The first-order valence-electron chi connectivity index (χ1n) is 12.3. The molecule has 4 aromatic rings. The quantitative estimate of drug-likeness (QED) is 0.304. The Balaban J connectivity index is 1.26. The summed E-state index contributed by atoms with van der Waals surface area (Å²) in [5.41, 5.74) is 3.13. The lowest BCUT2D eigenvalue weighted by Gasteiger charge is -2.34. The standard InChI is InChI=1S/C29H29ClN4O2/c30-26-15-13-24(14-16-26)28-31-27(36-32-28)21-33-17-7-12-25(20-33)29(35)34(18-22-8-3-1-4-9-22)19-23-10-5-2-6-11-23/h1-6,8-11,13-16,25H,7,12,17-21H2. The van der Waals surface area contributed by atoms with Crippen molar-refractivity contribution in [3.05, 3.63) is 107 Å². The lowest BCUT2D eigenvalue weighted by Crippen LogP contribution is -2.44. The Labute approximate surface area is 216 Å². The molecule has 0 spiro atoms. The third kappa shape index (κ3) is 6.20. The Hall–Kier alpha value is -3.48. The molecule has 1 amide bonds. The van der Waals surface area contributed by atoms with Gasteiger partial charge >= 0.3 is 0 Å². The van der Waals surface area contributed by atoms with Gasteiger partial charge in [0.25, 0.3) is 0 Å².